The van der Waals surface area contributed by atoms with E-state index in [-0.39, 0.29) is 11.9 Å². The predicted molar refractivity (Wildman–Crippen MR) is 113 cm³/mol. The molecule has 0 spiro atoms. The molecule has 2 aromatic carbocycles. The van der Waals surface area contributed by atoms with Crippen molar-refractivity contribution >= 4 is 23.3 Å². The highest BCUT2D eigenvalue weighted by Gasteiger charge is 2.29. The summed E-state index contributed by atoms with van der Waals surface area (Å²) in [6.07, 6.45) is 0.853. The minimum atomic E-state index is -0.586. The zero-order valence-corrected chi connectivity index (χ0v) is 17.0. The Hall–Kier alpha value is -3.02. The van der Waals surface area contributed by atoms with Crippen molar-refractivity contribution in [2.24, 2.45) is 0 Å². The van der Waals surface area contributed by atoms with Crippen molar-refractivity contribution in [3.8, 4) is 0 Å². The molecule has 1 heterocycles. The van der Waals surface area contributed by atoms with Crippen LogP contribution >= 0.6 is 0 Å². The summed E-state index contributed by atoms with van der Waals surface area (Å²) < 4.78 is 0. The lowest BCUT2D eigenvalue weighted by atomic mass is 10.2. The van der Waals surface area contributed by atoms with Crippen LogP contribution in [0.3, 0.4) is 0 Å². The second-order valence-electron chi connectivity index (χ2n) is 7.46. The predicted octanol–water partition coefficient (Wildman–Crippen LogP) is 2.87. The minimum absolute atomic E-state index is 0.0814. The van der Waals surface area contributed by atoms with Crippen LogP contribution in [0, 0.1) is 0 Å². The van der Waals surface area contributed by atoms with Crippen LogP contribution in [0.2, 0.25) is 0 Å². The van der Waals surface area contributed by atoms with Gasteiger partial charge in [-0.05, 0) is 42.7 Å². The van der Waals surface area contributed by atoms with E-state index in [1.165, 1.54) is 5.56 Å². The van der Waals surface area contributed by atoms with Crippen LogP contribution in [0.1, 0.15) is 18.1 Å². The maximum atomic E-state index is 12.8. The van der Waals surface area contributed by atoms with E-state index in [9.17, 15) is 9.59 Å². The molecule has 0 radical (unpaired) electrons. The van der Waals surface area contributed by atoms with Gasteiger partial charge in [-0.15, -0.1) is 0 Å². The Morgan fingerprint density at radius 3 is 2.43 bits per heavy atom. The molecule has 1 aliphatic rings. The molecule has 2 aromatic rings. The van der Waals surface area contributed by atoms with Crippen LogP contribution in [-0.2, 0) is 17.8 Å². The van der Waals surface area contributed by atoms with E-state index in [1.54, 1.807) is 23.8 Å². The van der Waals surface area contributed by atoms with Crippen molar-refractivity contribution in [3.05, 3.63) is 59.7 Å². The molecule has 1 atom stereocenters. The summed E-state index contributed by atoms with van der Waals surface area (Å²) in [4.78, 5) is 30.7. The lowest BCUT2D eigenvalue weighted by molar-refractivity contribution is -0.119. The third-order valence-corrected chi connectivity index (χ3v) is 5.08. The molecule has 0 saturated carbocycles. The van der Waals surface area contributed by atoms with Gasteiger partial charge in [0.1, 0.15) is 6.04 Å². The Kier molecular flexibility index (Phi) is 5.87. The molecule has 0 fully saturated rings. The fraction of sp³-hybridized carbons (Fsp3) is 0.364. The quantitative estimate of drug-likeness (QED) is 0.868. The summed E-state index contributed by atoms with van der Waals surface area (Å²) in [6, 6.07) is 15.1. The third kappa shape index (κ3) is 4.27. The highest BCUT2D eigenvalue weighted by atomic mass is 16.2. The van der Waals surface area contributed by atoms with Gasteiger partial charge in [0.15, 0.2) is 0 Å². The number of hydrogen-bond donors (Lipinski definition) is 1. The number of carbonyl (C=O) groups excluding carboxylic acids is 2. The van der Waals surface area contributed by atoms with Crippen LogP contribution in [0.25, 0.3) is 0 Å². The van der Waals surface area contributed by atoms with Crippen LogP contribution in [0.5, 0.6) is 0 Å². The first-order chi connectivity index (χ1) is 13.4. The largest absolute Gasteiger partial charge is 0.378 e. The number of hydrogen-bond acceptors (Lipinski definition) is 3. The molecule has 0 saturated heterocycles. The lowest BCUT2D eigenvalue weighted by Gasteiger charge is -2.25. The van der Waals surface area contributed by atoms with Gasteiger partial charge in [-0.1, -0.05) is 30.3 Å². The molecule has 1 N–H and O–H groups in total. The van der Waals surface area contributed by atoms with Gasteiger partial charge >= 0.3 is 6.03 Å². The fourth-order valence-electron chi connectivity index (χ4n) is 3.40. The fourth-order valence-corrected chi connectivity index (χ4v) is 3.40. The standard InChI is InChI=1S/C22H28N4O2/c1-16(21(27)26-14-13-18-7-5-6-8-20(18)26)23-22(28)25(4)15-17-9-11-19(12-10-17)24(2)3/h5-12,16H,13-15H2,1-4H3,(H,23,28). The summed E-state index contributed by atoms with van der Waals surface area (Å²) in [5, 5.41) is 2.82. The molecule has 148 valence electrons. The third-order valence-electron chi connectivity index (χ3n) is 5.08. The summed E-state index contributed by atoms with van der Waals surface area (Å²) in [5.41, 5.74) is 4.27. The SMILES string of the molecule is CC(NC(=O)N(C)Cc1ccc(N(C)C)cc1)C(=O)N1CCc2ccccc21. The van der Waals surface area contributed by atoms with Crippen molar-refractivity contribution < 1.29 is 9.59 Å². The Morgan fingerprint density at radius 2 is 1.75 bits per heavy atom. The van der Waals surface area contributed by atoms with Crippen molar-refractivity contribution in [2.45, 2.75) is 25.9 Å². The molecule has 0 aliphatic carbocycles. The number of anilines is 2. The summed E-state index contributed by atoms with van der Waals surface area (Å²) >= 11 is 0. The van der Waals surface area contributed by atoms with Crippen LogP contribution < -0.4 is 15.1 Å². The first-order valence-electron chi connectivity index (χ1n) is 9.54. The number of fused-ring (bicyclic) bond motifs is 1. The number of urea groups is 1. The highest BCUT2D eigenvalue weighted by molar-refractivity contribution is 6.00. The summed E-state index contributed by atoms with van der Waals surface area (Å²) in [7, 11) is 5.72. The molecule has 0 aromatic heterocycles. The Balaban J connectivity index is 1.57. The van der Waals surface area contributed by atoms with Crippen molar-refractivity contribution in [1.82, 2.24) is 10.2 Å². The van der Waals surface area contributed by atoms with Crippen LogP contribution in [-0.4, -0.2) is 50.6 Å². The Bertz CT molecular complexity index is 848. The van der Waals surface area contributed by atoms with Gasteiger partial charge in [-0.2, -0.15) is 0 Å². The highest BCUT2D eigenvalue weighted by Crippen LogP contribution is 2.27. The van der Waals surface area contributed by atoms with Gasteiger partial charge in [0.25, 0.3) is 0 Å². The second-order valence-corrected chi connectivity index (χ2v) is 7.46. The van der Waals surface area contributed by atoms with E-state index >= 15 is 0 Å². The van der Waals surface area contributed by atoms with E-state index in [2.05, 4.69) is 5.32 Å². The van der Waals surface area contributed by atoms with Crippen LogP contribution in [0.15, 0.2) is 48.5 Å². The van der Waals surface area contributed by atoms with E-state index < -0.39 is 6.04 Å². The zero-order valence-electron chi connectivity index (χ0n) is 17.0. The molecule has 3 rings (SSSR count). The van der Waals surface area contributed by atoms with Crippen molar-refractivity contribution in [3.63, 3.8) is 0 Å². The van der Waals surface area contributed by atoms with Gasteiger partial charge in [0.05, 0.1) is 0 Å². The number of benzene rings is 2. The number of nitrogens with one attached hydrogen (secondary N) is 1. The number of para-hydroxylation sites is 1. The van der Waals surface area contributed by atoms with Gasteiger partial charge in [-0.25, -0.2) is 4.79 Å². The number of carbonyl (C=O) groups is 2. The summed E-state index contributed by atoms with van der Waals surface area (Å²) in [6.45, 7) is 2.88. The maximum absolute atomic E-state index is 12.8. The molecule has 28 heavy (non-hydrogen) atoms. The number of amides is 3. The van der Waals surface area contributed by atoms with E-state index in [0.29, 0.717) is 13.1 Å². The summed E-state index contributed by atoms with van der Waals surface area (Å²) in [5.74, 6) is -0.0814. The monoisotopic (exact) mass is 380 g/mol. The average molecular weight is 380 g/mol. The molecular weight excluding hydrogens is 352 g/mol. The van der Waals surface area contributed by atoms with E-state index in [4.69, 9.17) is 0 Å². The van der Waals surface area contributed by atoms with Gasteiger partial charge in [0, 0.05) is 45.6 Å². The van der Waals surface area contributed by atoms with Gasteiger partial charge in [-0.3, -0.25) is 4.79 Å². The van der Waals surface area contributed by atoms with Crippen molar-refractivity contribution in [1.29, 1.82) is 0 Å². The Labute approximate surface area is 166 Å². The minimum Gasteiger partial charge on any atom is -0.378 e. The Morgan fingerprint density at radius 1 is 1.07 bits per heavy atom. The molecule has 0 bridgehead atoms. The smallest absolute Gasteiger partial charge is 0.318 e. The zero-order chi connectivity index (χ0) is 20.3. The van der Waals surface area contributed by atoms with Crippen LogP contribution in [0.4, 0.5) is 16.2 Å². The first kappa shape index (κ1) is 19.7. The average Bonchev–Trinajstić information content (AvgIpc) is 3.11. The van der Waals surface area contributed by atoms with Crippen molar-refractivity contribution in [2.75, 3.05) is 37.5 Å². The molecule has 1 aliphatic heterocycles. The number of nitrogens with zero attached hydrogens (tertiary/aromatic N) is 3. The number of rotatable bonds is 5. The normalized spacial score (nSPS) is 13.6. The molecule has 6 nitrogen and oxygen atoms in total. The maximum Gasteiger partial charge on any atom is 0.318 e. The molecule has 6 heteroatoms. The second kappa shape index (κ2) is 8.33. The molecular formula is C22H28N4O2. The van der Waals surface area contributed by atoms with E-state index in [1.807, 2.05) is 67.5 Å². The topological polar surface area (TPSA) is 55.9 Å². The first-order valence-corrected chi connectivity index (χ1v) is 9.54. The molecule has 3 amide bonds. The van der Waals surface area contributed by atoms with Gasteiger partial charge < -0.3 is 20.0 Å². The van der Waals surface area contributed by atoms with Gasteiger partial charge in [0.2, 0.25) is 5.91 Å². The lowest BCUT2D eigenvalue weighted by Crippen LogP contribution is -2.49. The van der Waals surface area contributed by atoms with E-state index in [0.717, 1.165) is 23.4 Å². The molecule has 1 unspecified atom stereocenters.